The molecule has 2 heterocycles. The number of amides is 2. The second-order valence-electron chi connectivity index (χ2n) is 7.94. The van der Waals surface area contributed by atoms with E-state index >= 15 is 0 Å². The molecule has 0 bridgehead atoms. The lowest BCUT2D eigenvalue weighted by Crippen LogP contribution is -2.41. The number of anilines is 2. The molecule has 2 aromatic rings. The average Bonchev–Trinajstić information content (AvgIpc) is 3.22. The van der Waals surface area contributed by atoms with Gasteiger partial charge in [0.15, 0.2) is 0 Å². The number of likely N-dealkylation sites (tertiary alicyclic amines) is 1. The molecule has 2 amide bonds. The lowest BCUT2D eigenvalue weighted by molar-refractivity contribution is -0.137. The largest absolute Gasteiger partial charge is 0.416 e. The van der Waals surface area contributed by atoms with E-state index < -0.39 is 11.7 Å². The van der Waals surface area contributed by atoms with Crippen molar-refractivity contribution in [3.05, 3.63) is 59.7 Å². The number of morpholine rings is 1. The molecule has 2 aromatic carbocycles. The molecule has 0 aromatic heterocycles. The molecule has 4 rings (SSSR count). The van der Waals surface area contributed by atoms with E-state index in [2.05, 4.69) is 5.32 Å². The van der Waals surface area contributed by atoms with Crippen molar-refractivity contribution in [1.82, 2.24) is 4.90 Å². The standard InChI is InChI=1S/C23H26F3N3O2/c24-23(25,26)18-8-9-21(28-11-13-31-14-12-28)20(16-18)27-22(30)29-10-4-7-19(29)15-17-5-2-1-3-6-17/h1-3,5-6,8-9,16,19H,4,7,10-15H2,(H,27,30)/t19-/m0/s1. The van der Waals surface area contributed by atoms with Crippen molar-refractivity contribution in [2.75, 3.05) is 43.1 Å². The molecule has 0 saturated carbocycles. The number of hydrogen-bond acceptors (Lipinski definition) is 3. The zero-order chi connectivity index (χ0) is 21.8. The van der Waals surface area contributed by atoms with Crippen LogP contribution in [0.4, 0.5) is 29.3 Å². The molecule has 166 valence electrons. The minimum Gasteiger partial charge on any atom is -0.378 e. The van der Waals surface area contributed by atoms with Gasteiger partial charge in [-0.2, -0.15) is 13.2 Å². The number of nitrogens with zero attached hydrogens (tertiary/aromatic N) is 2. The summed E-state index contributed by atoms with van der Waals surface area (Å²) in [7, 11) is 0. The first-order chi connectivity index (χ1) is 14.9. The van der Waals surface area contributed by atoms with Crippen LogP contribution < -0.4 is 10.2 Å². The quantitative estimate of drug-likeness (QED) is 0.755. The molecule has 2 aliphatic rings. The van der Waals surface area contributed by atoms with Crippen LogP contribution in [0.1, 0.15) is 24.0 Å². The van der Waals surface area contributed by atoms with E-state index in [0.717, 1.165) is 37.0 Å². The fourth-order valence-electron chi connectivity index (χ4n) is 4.28. The lowest BCUT2D eigenvalue weighted by atomic mass is 10.0. The molecule has 5 nitrogen and oxygen atoms in total. The highest BCUT2D eigenvalue weighted by molar-refractivity contribution is 5.94. The molecule has 2 fully saturated rings. The first-order valence-corrected chi connectivity index (χ1v) is 10.6. The van der Waals surface area contributed by atoms with Gasteiger partial charge in [0.2, 0.25) is 0 Å². The van der Waals surface area contributed by atoms with Crippen LogP contribution in [0.5, 0.6) is 0 Å². The summed E-state index contributed by atoms with van der Waals surface area (Å²) in [6, 6.07) is 13.1. The van der Waals surface area contributed by atoms with E-state index in [4.69, 9.17) is 4.74 Å². The molecule has 0 radical (unpaired) electrons. The predicted molar refractivity (Wildman–Crippen MR) is 113 cm³/mol. The predicted octanol–water partition coefficient (Wildman–Crippen LogP) is 4.78. The second kappa shape index (κ2) is 9.18. The summed E-state index contributed by atoms with van der Waals surface area (Å²) in [6.45, 7) is 2.72. The normalized spacial score (nSPS) is 19.5. The van der Waals surface area contributed by atoms with E-state index in [0.29, 0.717) is 38.5 Å². The van der Waals surface area contributed by atoms with Gasteiger partial charge in [-0.1, -0.05) is 30.3 Å². The van der Waals surface area contributed by atoms with Crippen molar-refractivity contribution in [2.24, 2.45) is 0 Å². The third-order valence-corrected chi connectivity index (χ3v) is 5.87. The Bertz CT molecular complexity index is 899. The molecule has 0 spiro atoms. The molecule has 0 unspecified atom stereocenters. The summed E-state index contributed by atoms with van der Waals surface area (Å²) in [6.07, 6.45) is -2.00. The number of ether oxygens (including phenoxy) is 1. The van der Waals surface area contributed by atoms with Crippen LogP contribution in [-0.2, 0) is 17.3 Å². The minimum atomic E-state index is -4.48. The SMILES string of the molecule is O=C(Nc1cc(C(F)(F)F)ccc1N1CCOCC1)N1CCC[C@H]1Cc1ccccc1. The van der Waals surface area contributed by atoms with Crippen LogP contribution in [0.15, 0.2) is 48.5 Å². The van der Waals surface area contributed by atoms with Crippen molar-refractivity contribution < 1.29 is 22.7 Å². The fraction of sp³-hybridized carbons (Fsp3) is 0.435. The Morgan fingerprint density at radius 1 is 1.06 bits per heavy atom. The second-order valence-corrected chi connectivity index (χ2v) is 7.94. The molecule has 8 heteroatoms. The number of nitrogens with one attached hydrogen (secondary N) is 1. The maximum absolute atomic E-state index is 13.3. The van der Waals surface area contributed by atoms with Gasteiger partial charge in [-0.15, -0.1) is 0 Å². The fourth-order valence-corrected chi connectivity index (χ4v) is 4.28. The van der Waals surface area contributed by atoms with E-state index in [9.17, 15) is 18.0 Å². The molecular weight excluding hydrogens is 407 g/mol. The van der Waals surface area contributed by atoms with E-state index in [1.165, 1.54) is 6.07 Å². The molecular formula is C23H26F3N3O2. The van der Waals surface area contributed by atoms with Gasteiger partial charge in [0, 0.05) is 25.7 Å². The Labute approximate surface area is 179 Å². The van der Waals surface area contributed by atoms with E-state index in [1.54, 1.807) is 4.90 Å². The Morgan fingerprint density at radius 2 is 1.81 bits per heavy atom. The van der Waals surface area contributed by atoms with Gasteiger partial charge in [0.05, 0.1) is 30.2 Å². The number of hydrogen-bond donors (Lipinski definition) is 1. The summed E-state index contributed by atoms with van der Waals surface area (Å²) in [5.74, 6) is 0. The molecule has 2 saturated heterocycles. The van der Waals surface area contributed by atoms with Crippen molar-refractivity contribution in [3.63, 3.8) is 0 Å². The molecule has 31 heavy (non-hydrogen) atoms. The van der Waals surface area contributed by atoms with Crippen molar-refractivity contribution in [3.8, 4) is 0 Å². The number of carbonyl (C=O) groups excluding carboxylic acids is 1. The van der Waals surface area contributed by atoms with Crippen molar-refractivity contribution in [2.45, 2.75) is 31.5 Å². The van der Waals surface area contributed by atoms with Crippen molar-refractivity contribution in [1.29, 1.82) is 0 Å². The Hall–Kier alpha value is -2.74. The first-order valence-electron chi connectivity index (χ1n) is 10.6. The molecule has 1 atom stereocenters. The first kappa shape index (κ1) is 21.5. The van der Waals surface area contributed by atoms with Gasteiger partial charge < -0.3 is 19.9 Å². The van der Waals surface area contributed by atoms with Crippen LogP contribution in [0.25, 0.3) is 0 Å². The zero-order valence-electron chi connectivity index (χ0n) is 17.2. The van der Waals surface area contributed by atoms with Crippen LogP contribution >= 0.6 is 0 Å². The van der Waals surface area contributed by atoms with E-state index in [-0.39, 0.29) is 17.8 Å². The third kappa shape index (κ3) is 5.12. The highest BCUT2D eigenvalue weighted by atomic mass is 19.4. The van der Waals surface area contributed by atoms with Gasteiger partial charge in [-0.3, -0.25) is 0 Å². The van der Waals surface area contributed by atoms with Gasteiger partial charge in [0.25, 0.3) is 0 Å². The monoisotopic (exact) mass is 433 g/mol. The minimum absolute atomic E-state index is 0.0278. The summed E-state index contributed by atoms with van der Waals surface area (Å²) in [5.41, 5.74) is 1.14. The highest BCUT2D eigenvalue weighted by Gasteiger charge is 2.33. The maximum atomic E-state index is 13.3. The maximum Gasteiger partial charge on any atom is 0.416 e. The van der Waals surface area contributed by atoms with Gasteiger partial charge in [-0.05, 0) is 43.0 Å². The number of urea groups is 1. The van der Waals surface area contributed by atoms with E-state index in [1.807, 2.05) is 35.2 Å². The number of carbonyl (C=O) groups is 1. The van der Waals surface area contributed by atoms with Crippen LogP contribution in [0.3, 0.4) is 0 Å². The number of halogens is 3. The molecule has 2 aliphatic heterocycles. The van der Waals surface area contributed by atoms with Crippen LogP contribution in [0, 0.1) is 0 Å². The van der Waals surface area contributed by atoms with Gasteiger partial charge in [0.1, 0.15) is 0 Å². The third-order valence-electron chi connectivity index (χ3n) is 5.87. The zero-order valence-corrected chi connectivity index (χ0v) is 17.2. The Kier molecular flexibility index (Phi) is 6.36. The lowest BCUT2D eigenvalue weighted by Gasteiger charge is -2.32. The van der Waals surface area contributed by atoms with Crippen LogP contribution in [-0.4, -0.2) is 49.8 Å². The Balaban J connectivity index is 1.55. The van der Waals surface area contributed by atoms with Crippen molar-refractivity contribution >= 4 is 17.4 Å². The number of rotatable bonds is 4. The Morgan fingerprint density at radius 3 is 2.52 bits per heavy atom. The molecule has 1 N–H and O–H groups in total. The summed E-state index contributed by atoms with van der Waals surface area (Å²) < 4.78 is 45.3. The average molecular weight is 433 g/mol. The molecule has 0 aliphatic carbocycles. The number of alkyl halides is 3. The van der Waals surface area contributed by atoms with Gasteiger partial charge in [-0.25, -0.2) is 4.79 Å². The van der Waals surface area contributed by atoms with Crippen LogP contribution in [0.2, 0.25) is 0 Å². The summed E-state index contributed by atoms with van der Waals surface area (Å²) >= 11 is 0. The smallest absolute Gasteiger partial charge is 0.378 e. The summed E-state index contributed by atoms with van der Waals surface area (Å²) in [5, 5.41) is 2.78. The summed E-state index contributed by atoms with van der Waals surface area (Å²) in [4.78, 5) is 16.8. The topological polar surface area (TPSA) is 44.8 Å². The van der Waals surface area contributed by atoms with Gasteiger partial charge >= 0.3 is 12.2 Å². The number of benzene rings is 2. The highest BCUT2D eigenvalue weighted by Crippen LogP contribution is 2.36.